The molecular weight excluding hydrogens is 236 g/mol. The largest absolute Gasteiger partial charge is 0.327 e. The minimum absolute atomic E-state index is 0.0632. The molecule has 0 saturated heterocycles. The molecule has 1 aromatic rings. The summed E-state index contributed by atoms with van der Waals surface area (Å²) in [6.07, 6.45) is 10.2. The van der Waals surface area contributed by atoms with Crippen molar-refractivity contribution in [1.82, 2.24) is 10.6 Å². The maximum atomic E-state index is 11.8. The van der Waals surface area contributed by atoms with Crippen LogP contribution in [0.2, 0.25) is 0 Å². The Kier molecular flexibility index (Phi) is 2.95. The zero-order valence-electron chi connectivity index (χ0n) is 10.8. The Hall–Kier alpha value is -2.29. The lowest BCUT2D eigenvalue weighted by Crippen LogP contribution is -2.42. The number of nitrogens with one attached hydrogen (secondary N) is 2. The lowest BCUT2D eigenvalue weighted by molar-refractivity contribution is 0.238. The number of hydrogen-bond acceptors (Lipinski definition) is 1. The Morgan fingerprint density at radius 1 is 1.05 bits per heavy atom. The summed E-state index contributed by atoms with van der Waals surface area (Å²) in [7, 11) is 0. The number of allylic oxidation sites excluding steroid dienone is 3. The monoisotopic (exact) mass is 252 g/mol. The van der Waals surface area contributed by atoms with Crippen LogP contribution in [-0.2, 0) is 0 Å². The van der Waals surface area contributed by atoms with E-state index < -0.39 is 0 Å². The van der Waals surface area contributed by atoms with E-state index in [9.17, 15) is 4.79 Å². The van der Waals surface area contributed by atoms with Crippen molar-refractivity contribution in [2.24, 2.45) is 5.92 Å². The van der Waals surface area contributed by atoms with Crippen LogP contribution in [0.25, 0.3) is 0 Å². The van der Waals surface area contributed by atoms with Crippen LogP contribution in [-0.4, -0.2) is 6.03 Å². The van der Waals surface area contributed by atoms with Crippen LogP contribution in [0, 0.1) is 12.8 Å². The van der Waals surface area contributed by atoms with E-state index in [-0.39, 0.29) is 18.0 Å². The van der Waals surface area contributed by atoms with Gasteiger partial charge in [0.1, 0.15) is 0 Å². The van der Waals surface area contributed by atoms with Crippen LogP contribution in [0.3, 0.4) is 0 Å². The van der Waals surface area contributed by atoms with Crippen molar-refractivity contribution in [3.63, 3.8) is 0 Å². The molecular formula is C16H16N2O. The first-order chi connectivity index (χ1) is 9.22. The third-order valence-electron chi connectivity index (χ3n) is 3.43. The fourth-order valence-electron chi connectivity index (χ4n) is 2.36. The first kappa shape index (κ1) is 11.8. The van der Waals surface area contributed by atoms with Crippen molar-refractivity contribution < 1.29 is 4.79 Å². The maximum Gasteiger partial charge on any atom is 0.319 e. The van der Waals surface area contributed by atoms with Crippen LogP contribution >= 0.6 is 0 Å². The highest BCUT2D eigenvalue weighted by molar-refractivity contribution is 5.78. The van der Waals surface area contributed by atoms with E-state index in [0.717, 1.165) is 11.3 Å². The van der Waals surface area contributed by atoms with Gasteiger partial charge < -0.3 is 10.6 Å². The van der Waals surface area contributed by atoms with Crippen molar-refractivity contribution in [2.45, 2.75) is 13.0 Å². The Morgan fingerprint density at radius 2 is 1.74 bits per heavy atom. The highest BCUT2D eigenvalue weighted by atomic mass is 16.2. The first-order valence-electron chi connectivity index (χ1n) is 6.43. The molecule has 0 fully saturated rings. The van der Waals surface area contributed by atoms with Crippen LogP contribution in [0.5, 0.6) is 0 Å². The van der Waals surface area contributed by atoms with Gasteiger partial charge in [0.15, 0.2) is 0 Å². The molecule has 3 heteroatoms. The van der Waals surface area contributed by atoms with Gasteiger partial charge in [0.25, 0.3) is 0 Å². The van der Waals surface area contributed by atoms with Gasteiger partial charge in [-0.1, -0.05) is 54.1 Å². The number of urea groups is 1. The summed E-state index contributed by atoms with van der Waals surface area (Å²) in [5, 5.41) is 5.81. The predicted octanol–water partition coefficient (Wildman–Crippen LogP) is 2.98. The number of benzene rings is 1. The van der Waals surface area contributed by atoms with E-state index in [1.807, 2.05) is 12.2 Å². The van der Waals surface area contributed by atoms with Gasteiger partial charge in [0.2, 0.25) is 0 Å². The lowest BCUT2D eigenvalue weighted by Gasteiger charge is -2.26. The molecule has 1 aliphatic heterocycles. The summed E-state index contributed by atoms with van der Waals surface area (Å²) in [6, 6.07) is 8.03. The van der Waals surface area contributed by atoms with Crippen molar-refractivity contribution in [2.75, 3.05) is 0 Å². The number of carbonyl (C=O) groups is 1. The number of aryl methyl sites for hydroxylation is 1. The molecule has 3 rings (SSSR count). The quantitative estimate of drug-likeness (QED) is 0.834. The van der Waals surface area contributed by atoms with Gasteiger partial charge in [0, 0.05) is 11.6 Å². The second-order valence-corrected chi connectivity index (χ2v) is 4.90. The van der Waals surface area contributed by atoms with Gasteiger partial charge in [-0.05, 0) is 18.6 Å². The molecule has 1 atom stereocenters. The fraction of sp³-hybridized carbons (Fsp3) is 0.188. The number of rotatable bonds is 2. The minimum atomic E-state index is -0.142. The standard InChI is InChI=1S/C16H16N2O/c1-11-6-8-13(9-7-11)15-10-14(17-16(19)18-15)12-4-2-3-5-12/h2-10,12,15H,1H3,(H2,17,18,19). The molecule has 0 saturated carbocycles. The summed E-state index contributed by atoms with van der Waals surface area (Å²) < 4.78 is 0. The Bertz CT molecular complexity index is 569. The van der Waals surface area contributed by atoms with Gasteiger partial charge in [-0.3, -0.25) is 0 Å². The average molecular weight is 252 g/mol. The number of hydrogen-bond donors (Lipinski definition) is 2. The third-order valence-corrected chi connectivity index (χ3v) is 3.43. The smallest absolute Gasteiger partial charge is 0.319 e. The number of amides is 2. The molecule has 1 aromatic carbocycles. The highest BCUT2D eigenvalue weighted by Crippen LogP contribution is 2.25. The predicted molar refractivity (Wildman–Crippen MR) is 75.4 cm³/mol. The molecule has 2 N–H and O–H groups in total. The topological polar surface area (TPSA) is 41.1 Å². The van der Waals surface area contributed by atoms with Gasteiger partial charge in [-0.15, -0.1) is 0 Å². The Morgan fingerprint density at radius 3 is 2.42 bits per heavy atom. The molecule has 1 heterocycles. The molecule has 2 aliphatic rings. The molecule has 96 valence electrons. The van der Waals surface area contributed by atoms with Crippen LogP contribution in [0.15, 0.2) is 60.3 Å². The molecule has 1 aliphatic carbocycles. The fourth-order valence-corrected chi connectivity index (χ4v) is 2.36. The van der Waals surface area contributed by atoms with E-state index in [2.05, 4.69) is 60.1 Å². The summed E-state index contributed by atoms with van der Waals surface area (Å²) >= 11 is 0. The second-order valence-electron chi connectivity index (χ2n) is 4.90. The van der Waals surface area contributed by atoms with Gasteiger partial charge in [-0.25, -0.2) is 4.79 Å². The first-order valence-corrected chi connectivity index (χ1v) is 6.43. The highest BCUT2D eigenvalue weighted by Gasteiger charge is 2.23. The molecule has 1 unspecified atom stereocenters. The summed E-state index contributed by atoms with van der Waals surface area (Å²) in [5.74, 6) is 0.180. The maximum absolute atomic E-state index is 11.8. The van der Waals surface area contributed by atoms with E-state index in [0.29, 0.717) is 0 Å². The molecule has 3 nitrogen and oxygen atoms in total. The molecule has 19 heavy (non-hydrogen) atoms. The van der Waals surface area contributed by atoms with Gasteiger partial charge in [0.05, 0.1) is 6.04 Å². The zero-order chi connectivity index (χ0) is 13.2. The molecule has 0 bridgehead atoms. The van der Waals surface area contributed by atoms with Gasteiger partial charge in [-0.2, -0.15) is 0 Å². The van der Waals surface area contributed by atoms with Crippen LogP contribution < -0.4 is 10.6 Å². The SMILES string of the molecule is Cc1ccc(C2C=C(C3C=CC=C3)NC(=O)N2)cc1. The van der Waals surface area contributed by atoms with E-state index in [1.165, 1.54) is 5.56 Å². The lowest BCUT2D eigenvalue weighted by atomic mass is 9.98. The molecule has 0 spiro atoms. The molecule has 2 amide bonds. The third kappa shape index (κ3) is 2.45. The average Bonchev–Trinajstić information content (AvgIpc) is 2.93. The van der Waals surface area contributed by atoms with Crippen molar-refractivity contribution in [1.29, 1.82) is 0 Å². The normalized spacial score (nSPS) is 22.1. The minimum Gasteiger partial charge on any atom is -0.327 e. The van der Waals surface area contributed by atoms with Crippen molar-refractivity contribution >= 4 is 6.03 Å². The number of carbonyl (C=O) groups excluding carboxylic acids is 1. The summed E-state index contributed by atoms with van der Waals surface area (Å²) in [5.41, 5.74) is 3.26. The van der Waals surface area contributed by atoms with E-state index >= 15 is 0 Å². The van der Waals surface area contributed by atoms with E-state index in [4.69, 9.17) is 0 Å². The Labute approximate surface area is 112 Å². The van der Waals surface area contributed by atoms with Crippen LogP contribution in [0.1, 0.15) is 17.2 Å². The second kappa shape index (κ2) is 4.76. The summed E-state index contributed by atoms with van der Waals surface area (Å²) in [6.45, 7) is 2.06. The van der Waals surface area contributed by atoms with Crippen molar-refractivity contribution in [3.8, 4) is 0 Å². The molecule has 0 radical (unpaired) electrons. The molecule has 0 aromatic heterocycles. The summed E-state index contributed by atoms with van der Waals surface area (Å²) in [4.78, 5) is 11.8. The van der Waals surface area contributed by atoms with Crippen molar-refractivity contribution in [3.05, 3.63) is 71.5 Å². The Balaban J connectivity index is 1.90. The van der Waals surface area contributed by atoms with E-state index in [1.54, 1.807) is 0 Å². The zero-order valence-corrected chi connectivity index (χ0v) is 10.8. The van der Waals surface area contributed by atoms with Crippen LogP contribution in [0.4, 0.5) is 4.79 Å². The van der Waals surface area contributed by atoms with Gasteiger partial charge >= 0.3 is 6.03 Å².